The predicted octanol–water partition coefficient (Wildman–Crippen LogP) is 5.34. The molecule has 0 amide bonds. The Bertz CT molecular complexity index is 1160. The van der Waals surface area contributed by atoms with E-state index in [1.165, 1.54) is 36.9 Å². The number of ether oxygens (including phenoxy) is 2. The van der Waals surface area contributed by atoms with Crippen molar-refractivity contribution in [1.29, 1.82) is 0 Å². The van der Waals surface area contributed by atoms with Crippen molar-refractivity contribution in [2.45, 2.75) is 13.8 Å². The standard InChI is InChI=1S/C20H16N2O4S3/c1-9-13(19(23)25-3)7-15(27-9)11-5-6-12(18-17(11)21-29-22-18)16-8-14(10(2)28-16)20(24)26-4/h5-8H,1-4H3. The van der Waals surface area contributed by atoms with Crippen molar-refractivity contribution < 1.29 is 19.1 Å². The quantitative estimate of drug-likeness (QED) is 0.396. The molecule has 148 valence electrons. The van der Waals surface area contributed by atoms with Gasteiger partial charge in [0.25, 0.3) is 0 Å². The molecule has 29 heavy (non-hydrogen) atoms. The Hall–Kier alpha value is -2.62. The molecule has 3 aromatic heterocycles. The molecule has 0 fully saturated rings. The van der Waals surface area contributed by atoms with E-state index in [1.54, 1.807) is 0 Å². The number of fused-ring (bicyclic) bond motifs is 1. The Morgan fingerprint density at radius 3 is 1.59 bits per heavy atom. The van der Waals surface area contributed by atoms with E-state index in [0.29, 0.717) is 11.1 Å². The summed E-state index contributed by atoms with van der Waals surface area (Å²) in [6.45, 7) is 3.79. The van der Waals surface area contributed by atoms with Crippen molar-refractivity contribution in [1.82, 2.24) is 8.75 Å². The molecule has 0 aliphatic heterocycles. The summed E-state index contributed by atoms with van der Waals surface area (Å²) >= 11 is 4.18. The molecule has 0 saturated heterocycles. The molecule has 4 aromatic rings. The summed E-state index contributed by atoms with van der Waals surface area (Å²) in [6, 6.07) is 7.64. The predicted molar refractivity (Wildman–Crippen MR) is 116 cm³/mol. The largest absolute Gasteiger partial charge is 0.465 e. The molecular formula is C20H16N2O4S3. The molecule has 0 saturated carbocycles. The summed E-state index contributed by atoms with van der Waals surface area (Å²) in [5.41, 5.74) is 4.50. The van der Waals surface area contributed by atoms with Gasteiger partial charge in [-0.3, -0.25) is 0 Å². The van der Waals surface area contributed by atoms with Gasteiger partial charge in [-0.05, 0) is 26.0 Å². The zero-order valence-electron chi connectivity index (χ0n) is 16.1. The van der Waals surface area contributed by atoms with Gasteiger partial charge in [-0.1, -0.05) is 12.1 Å². The number of rotatable bonds is 4. The normalized spacial score (nSPS) is 11.0. The highest BCUT2D eigenvalue weighted by atomic mass is 32.1. The molecule has 0 radical (unpaired) electrons. The Labute approximate surface area is 179 Å². The van der Waals surface area contributed by atoms with Crippen molar-refractivity contribution in [2.24, 2.45) is 0 Å². The summed E-state index contributed by atoms with van der Waals surface area (Å²) in [6.07, 6.45) is 0. The summed E-state index contributed by atoms with van der Waals surface area (Å²) < 4.78 is 18.7. The van der Waals surface area contributed by atoms with E-state index in [4.69, 9.17) is 9.47 Å². The molecule has 0 unspecified atom stereocenters. The second kappa shape index (κ2) is 7.66. The van der Waals surface area contributed by atoms with Crippen LogP contribution in [0, 0.1) is 13.8 Å². The van der Waals surface area contributed by atoms with Gasteiger partial charge < -0.3 is 9.47 Å². The fourth-order valence-corrected chi connectivity index (χ4v) is 5.76. The minimum absolute atomic E-state index is 0.348. The highest BCUT2D eigenvalue weighted by Crippen LogP contribution is 2.41. The molecule has 3 heterocycles. The maximum absolute atomic E-state index is 12.0. The van der Waals surface area contributed by atoms with E-state index < -0.39 is 0 Å². The van der Waals surface area contributed by atoms with Crippen LogP contribution < -0.4 is 0 Å². The zero-order chi connectivity index (χ0) is 20.7. The first-order valence-corrected chi connectivity index (χ1v) is 10.9. The molecule has 0 atom stereocenters. The van der Waals surface area contributed by atoms with Crippen molar-refractivity contribution in [3.8, 4) is 20.9 Å². The molecular weight excluding hydrogens is 428 g/mol. The smallest absolute Gasteiger partial charge is 0.338 e. The van der Waals surface area contributed by atoms with Gasteiger partial charge in [0, 0.05) is 30.6 Å². The molecule has 0 spiro atoms. The monoisotopic (exact) mass is 444 g/mol. The van der Waals surface area contributed by atoms with Crippen LogP contribution in [0.25, 0.3) is 31.9 Å². The molecule has 0 N–H and O–H groups in total. The molecule has 9 heteroatoms. The van der Waals surface area contributed by atoms with Crippen LogP contribution in [0.5, 0.6) is 0 Å². The first kappa shape index (κ1) is 19.7. The molecule has 0 aliphatic carbocycles. The number of aromatic nitrogens is 2. The summed E-state index contributed by atoms with van der Waals surface area (Å²) in [7, 11) is 2.75. The van der Waals surface area contributed by atoms with Crippen LogP contribution in [0.1, 0.15) is 30.5 Å². The number of benzene rings is 1. The third-order valence-corrected chi connectivity index (χ3v) is 7.29. The van der Waals surface area contributed by atoms with E-state index in [0.717, 1.165) is 53.4 Å². The lowest BCUT2D eigenvalue weighted by molar-refractivity contribution is 0.0591. The average Bonchev–Trinajstić information content (AvgIpc) is 3.44. The molecule has 6 nitrogen and oxygen atoms in total. The topological polar surface area (TPSA) is 78.4 Å². The van der Waals surface area contributed by atoms with Crippen LogP contribution in [0.3, 0.4) is 0 Å². The van der Waals surface area contributed by atoms with Gasteiger partial charge in [0.1, 0.15) is 11.0 Å². The van der Waals surface area contributed by atoms with Crippen LogP contribution >= 0.6 is 34.4 Å². The number of thiophene rings is 2. The van der Waals surface area contributed by atoms with Gasteiger partial charge in [-0.2, -0.15) is 8.75 Å². The average molecular weight is 445 g/mol. The van der Waals surface area contributed by atoms with Crippen molar-refractivity contribution in [2.75, 3.05) is 14.2 Å². The number of esters is 2. The van der Waals surface area contributed by atoms with E-state index >= 15 is 0 Å². The maximum atomic E-state index is 12.0. The number of nitrogens with zero attached hydrogens (tertiary/aromatic N) is 2. The maximum Gasteiger partial charge on any atom is 0.338 e. The number of hydrogen-bond acceptors (Lipinski definition) is 9. The summed E-state index contributed by atoms with van der Waals surface area (Å²) in [5.74, 6) is -0.697. The minimum atomic E-state index is -0.348. The van der Waals surface area contributed by atoms with E-state index in [1.807, 2.05) is 38.1 Å². The third kappa shape index (κ3) is 3.35. The first-order chi connectivity index (χ1) is 13.9. The third-order valence-electron chi connectivity index (χ3n) is 4.59. The lowest BCUT2D eigenvalue weighted by Crippen LogP contribution is -2.00. The second-order valence-electron chi connectivity index (χ2n) is 6.27. The number of methoxy groups -OCH3 is 2. The van der Waals surface area contributed by atoms with Crippen molar-refractivity contribution >= 4 is 57.4 Å². The fourth-order valence-electron chi connectivity index (χ4n) is 3.12. The summed E-state index contributed by atoms with van der Waals surface area (Å²) in [5, 5.41) is 0. The van der Waals surface area contributed by atoms with E-state index in [9.17, 15) is 9.59 Å². The Morgan fingerprint density at radius 1 is 0.793 bits per heavy atom. The van der Waals surface area contributed by atoms with Gasteiger partial charge in [-0.15, -0.1) is 22.7 Å². The number of carbonyl (C=O) groups is 2. The highest BCUT2D eigenvalue weighted by Gasteiger charge is 2.21. The zero-order valence-corrected chi connectivity index (χ0v) is 18.5. The molecule has 4 rings (SSSR count). The molecule has 1 aromatic carbocycles. The van der Waals surface area contributed by atoms with E-state index in [2.05, 4.69) is 8.75 Å². The summed E-state index contributed by atoms with van der Waals surface area (Å²) in [4.78, 5) is 27.6. The van der Waals surface area contributed by atoms with Crippen LogP contribution in [0.15, 0.2) is 24.3 Å². The lowest BCUT2D eigenvalue weighted by Gasteiger charge is -2.03. The first-order valence-electron chi connectivity index (χ1n) is 8.58. The van der Waals surface area contributed by atoms with Gasteiger partial charge in [0.05, 0.1) is 37.1 Å². The van der Waals surface area contributed by atoms with Crippen LogP contribution in [0.4, 0.5) is 0 Å². The number of hydrogen-bond donors (Lipinski definition) is 0. The SMILES string of the molecule is COC(=O)c1cc(-c2ccc(-c3cc(C(=O)OC)c(C)s3)c3nsnc23)sc1C. The van der Waals surface area contributed by atoms with Gasteiger partial charge in [-0.25, -0.2) is 9.59 Å². The number of carbonyl (C=O) groups excluding carboxylic acids is 2. The van der Waals surface area contributed by atoms with Gasteiger partial charge in [0.15, 0.2) is 0 Å². The Kier molecular flexibility index (Phi) is 5.20. The van der Waals surface area contributed by atoms with Crippen LogP contribution in [0.2, 0.25) is 0 Å². The second-order valence-corrected chi connectivity index (χ2v) is 9.31. The van der Waals surface area contributed by atoms with E-state index in [-0.39, 0.29) is 11.9 Å². The fraction of sp³-hybridized carbons (Fsp3) is 0.200. The van der Waals surface area contributed by atoms with Crippen LogP contribution in [-0.2, 0) is 9.47 Å². The molecule has 0 bridgehead atoms. The van der Waals surface area contributed by atoms with Crippen molar-refractivity contribution in [3.05, 3.63) is 45.1 Å². The Morgan fingerprint density at radius 2 is 1.21 bits per heavy atom. The highest BCUT2D eigenvalue weighted by molar-refractivity contribution is 7.16. The Balaban J connectivity index is 1.84. The molecule has 0 aliphatic rings. The number of aryl methyl sites for hydroxylation is 2. The van der Waals surface area contributed by atoms with Crippen LogP contribution in [-0.4, -0.2) is 34.9 Å². The minimum Gasteiger partial charge on any atom is -0.465 e. The van der Waals surface area contributed by atoms with Crippen molar-refractivity contribution in [3.63, 3.8) is 0 Å². The van der Waals surface area contributed by atoms with Gasteiger partial charge in [0.2, 0.25) is 0 Å². The lowest BCUT2D eigenvalue weighted by atomic mass is 10.0. The van der Waals surface area contributed by atoms with Gasteiger partial charge >= 0.3 is 11.9 Å².